The van der Waals surface area contributed by atoms with Crippen molar-refractivity contribution in [1.82, 2.24) is 9.80 Å². The largest absolute Gasteiger partial charge is 0.336 e. The first kappa shape index (κ1) is 18.4. The summed E-state index contributed by atoms with van der Waals surface area (Å²) in [5.41, 5.74) is 0.925. The predicted molar refractivity (Wildman–Crippen MR) is 98.8 cm³/mol. The highest BCUT2D eigenvalue weighted by atomic mass is 35.5. The van der Waals surface area contributed by atoms with Crippen LogP contribution in [0.3, 0.4) is 0 Å². The average Bonchev–Trinajstić information content (AvgIpc) is 2.64. The quantitative estimate of drug-likeness (QED) is 0.894. The minimum absolute atomic E-state index is 0.150. The summed E-state index contributed by atoms with van der Waals surface area (Å²) in [6.45, 7) is 2.38. The molecule has 136 valence electrons. The number of hydrogen-bond acceptors (Lipinski definition) is 3. The Kier molecular flexibility index (Phi) is 5.85. The zero-order valence-corrected chi connectivity index (χ0v) is 14.9. The third-order valence-corrected chi connectivity index (χ3v) is 4.58. The third-order valence-electron chi connectivity index (χ3n) is 4.25. The lowest BCUT2D eigenvalue weighted by Crippen LogP contribution is -2.50. The Morgan fingerprint density at radius 1 is 1.04 bits per heavy atom. The summed E-state index contributed by atoms with van der Waals surface area (Å²) in [6.07, 6.45) is 0. The van der Waals surface area contributed by atoms with Crippen molar-refractivity contribution < 1.29 is 14.0 Å². The fraction of sp³-hybridized carbons (Fsp3) is 0.263. The molecule has 1 saturated heterocycles. The van der Waals surface area contributed by atoms with Gasteiger partial charge >= 0.3 is 0 Å². The number of rotatable bonds is 4. The van der Waals surface area contributed by atoms with Crippen molar-refractivity contribution in [3.63, 3.8) is 0 Å². The van der Waals surface area contributed by atoms with Gasteiger partial charge in [-0.05, 0) is 30.3 Å². The van der Waals surface area contributed by atoms with E-state index in [4.69, 9.17) is 11.6 Å². The van der Waals surface area contributed by atoms with Crippen LogP contribution in [0.5, 0.6) is 0 Å². The highest BCUT2D eigenvalue weighted by Gasteiger charge is 2.23. The lowest BCUT2D eigenvalue weighted by molar-refractivity contribution is -0.117. The van der Waals surface area contributed by atoms with Crippen molar-refractivity contribution in [1.29, 1.82) is 0 Å². The van der Waals surface area contributed by atoms with Crippen LogP contribution < -0.4 is 5.32 Å². The summed E-state index contributed by atoms with van der Waals surface area (Å²) in [6, 6.07) is 12.7. The molecule has 0 saturated carbocycles. The van der Waals surface area contributed by atoms with Gasteiger partial charge < -0.3 is 10.2 Å². The lowest BCUT2D eigenvalue weighted by atomic mass is 10.1. The van der Waals surface area contributed by atoms with Gasteiger partial charge in [-0.1, -0.05) is 29.8 Å². The van der Waals surface area contributed by atoms with Crippen LogP contribution in [0.1, 0.15) is 10.4 Å². The van der Waals surface area contributed by atoms with E-state index >= 15 is 0 Å². The van der Waals surface area contributed by atoms with Gasteiger partial charge in [-0.2, -0.15) is 0 Å². The average molecular weight is 376 g/mol. The van der Waals surface area contributed by atoms with Crippen molar-refractivity contribution >= 4 is 29.1 Å². The highest BCUT2D eigenvalue weighted by Crippen LogP contribution is 2.20. The number of carbonyl (C=O) groups excluding carboxylic acids is 2. The van der Waals surface area contributed by atoms with Crippen LogP contribution in [0.4, 0.5) is 10.1 Å². The summed E-state index contributed by atoms with van der Waals surface area (Å²) in [7, 11) is 0. The molecule has 1 N–H and O–H groups in total. The molecule has 0 bridgehead atoms. The van der Waals surface area contributed by atoms with E-state index in [2.05, 4.69) is 5.32 Å². The molecule has 0 aromatic heterocycles. The molecule has 3 rings (SSSR count). The van der Waals surface area contributed by atoms with Crippen LogP contribution in [0, 0.1) is 5.82 Å². The standard InChI is InChI=1S/C19H19ClFN3O2/c20-16-6-1-2-7-17(16)22-18(25)13-23-8-10-24(11-9-23)19(26)14-4-3-5-15(21)12-14/h1-7,12H,8-11,13H2,(H,22,25). The second-order valence-electron chi connectivity index (χ2n) is 6.11. The number of nitrogens with zero attached hydrogens (tertiary/aromatic N) is 2. The van der Waals surface area contributed by atoms with Gasteiger partial charge in [-0.15, -0.1) is 0 Å². The van der Waals surface area contributed by atoms with Crippen LogP contribution >= 0.6 is 11.6 Å². The van der Waals surface area contributed by atoms with E-state index in [1.54, 1.807) is 35.2 Å². The van der Waals surface area contributed by atoms with E-state index in [1.165, 1.54) is 18.2 Å². The minimum Gasteiger partial charge on any atom is -0.336 e. The van der Waals surface area contributed by atoms with Crippen LogP contribution in [-0.2, 0) is 4.79 Å². The Morgan fingerprint density at radius 3 is 2.46 bits per heavy atom. The number of nitrogens with one attached hydrogen (secondary N) is 1. The topological polar surface area (TPSA) is 52.7 Å². The normalized spacial score (nSPS) is 14.9. The summed E-state index contributed by atoms with van der Waals surface area (Å²) >= 11 is 6.04. The highest BCUT2D eigenvalue weighted by molar-refractivity contribution is 6.33. The monoisotopic (exact) mass is 375 g/mol. The van der Waals surface area contributed by atoms with Gasteiger partial charge in [0.15, 0.2) is 0 Å². The number of hydrogen-bond donors (Lipinski definition) is 1. The Morgan fingerprint density at radius 2 is 1.77 bits per heavy atom. The number of benzene rings is 2. The maximum absolute atomic E-state index is 13.3. The van der Waals surface area contributed by atoms with Crippen LogP contribution in [0.25, 0.3) is 0 Å². The summed E-state index contributed by atoms with van der Waals surface area (Å²) in [4.78, 5) is 28.2. The number of piperazine rings is 1. The van der Waals surface area contributed by atoms with E-state index in [9.17, 15) is 14.0 Å². The summed E-state index contributed by atoms with van der Waals surface area (Å²) < 4.78 is 13.3. The number of amides is 2. The predicted octanol–water partition coefficient (Wildman–Crippen LogP) is 2.88. The molecule has 1 heterocycles. The smallest absolute Gasteiger partial charge is 0.254 e. The van der Waals surface area contributed by atoms with Gasteiger partial charge in [0.25, 0.3) is 5.91 Å². The summed E-state index contributed by atoms with van der Waals surface area (Å²) in [5.74, 6) is -0.765. The molecule has 2 aromatic rings. The first-order chi connectivity index (χ1) is 12.5. The molecule has 0 atom stereocenters. The first-order valence-electron chi connectivity index (χ1n) is 8.34. The van der Waals surface area contributed by atoms with E-state index < -0.39 is 5.82 Å². The molecule has 1 fully saturated rings. The number of para-hydroxylation sites is 1. The van der Waals surface area contributed by atoms with Gasteiger partial charge in [0.05, 0.1) is 17.3 Å². The Bertz CT molecular complexity index is 807. The number of halogens is 2. The molecule has 26 heavy (non-hydrogen) atoms. The minimum atomic E-state index is -0.425. The van der Waals surface area contributed by atoms with Crippen LogP contribution in [0.2, 0.25) is 5.02 Å². The van der Waals surface area contributed by atoms with E-state index in [1.807, 2.05) is 4.90 Å². The fourth-order valence-electron chi connectivity index (χ4n) is 2.87. The Hall–Kier alpha value is -2.44. The number of anilines is 1. The van der Waals surface area contributed by atoms with Gasteiger partial charge in [0, 0.05) is 31.7 Å². The molecular weight excluding hydrogens is 357 g/mol. The fourth-order valence-corrected chi connectivity index (χ4v) is 3.05. The van der Waals surface area contributed by atoms with E-state index in [0.717, 1.165) is 0 Å². The van der Waals surface area contributed by atoms with Crippen LogP contribution in [-0.4, -0.2) is 54.3 Å². The van der Waals surface area contributed by atoms with Gasteiger partial charge in [-0.25, -0.2) is 4.39 Å². The molecule has 0 radical (unpaired) electrons. The first-order valence-corrected chi connectivity index (χ1v) is 8.72. The zero-order chi connectivity index (χ0) is 18.5. The van der Waals surface area contributed by atoms with Crippen molar-refractivity contribution in [3.8, 4) is 0 Å². The van der Waals surface area contributed by atoms with Crippen molar-refractivity contribution in [2.24, 2.45) is 0 Å². The Labute approximate surface area is 156 Å². The Balaban J connectivity index is 1.50. The van der Waals surface area contributed by atoms with Gasteiger partial charge in [0.1, 0.15) is 5.82 Å². The lowest BCUT2D eigenvalue weighted by Gasteiger charge is -2.34. The van der Waals surface area contributed by atoms with Crippen molar-refractivity contribution in [3.05, 3.63) is 64.9 Å². The van der Waals surface area contributed by atoms with E-state index in [-0.39, 0.29) is 18.4 Å². The number of carbonyl (C=O) groups is 2. The molecule has 5 nitrogen and oxygen atoms in total. The molecule has 0 unspecified atom stereocenters. The molecule has 1 aliphatic heterocycles. The molecule has 2 amide bonds. The van der Waals surface area contributed by atoms with Gasteiger partial charge in [-0.3, -0.25) is 14.5 Å². The molecule has 1 aliphatic rings. The molecular formula is C19H19ClFN3O2. The van der Waals surface area contributed by atoms with Gasteiger partial charge in [0.2, 0.25) is 5.91 Å². The van der Waals surface area contributed by atoms with E-state index in [0.29, 0.717) is 42.5 Å². The molecule has 2 aromatic carbocycles. The SMILES string of the molecule is O=C(CN1CCN(C(=O)c2cccc(F)c2)CC1)Nc1ccccc1Cl. The molecule has 7 heteroatoms. The molecule has 0 spiro atoms. The maximum Gasteiger partial charge on any atom is 0.254 e. The van der Waals surface area contributed by atoms with Crippen molar-refractivity contribution in [2.75, 3.05) is 38.0 Å². The van der Waals surface area contributed by atoms with Crippen LogP contribution in [0.15, 0.2) is 48.5 Å². The second-order valence-corrected chi connectivity index (χ2v) is 6.51. The second kappa shape index (κ2) is 8.29. The van der Waals surface area contributed by atoms with Crippen molar-refractivity contribution in [2.45, 2.75) is 0 Å². The third kappa shape index (κ3) is 4.59. The molecule has 0 aliphatic carbocycles. The summed E-state index contributed by atoms with van der Waals surface area (Å²) in [5, 5.41) is 3.28. The zero-order valence-electron chi connectivity index (χ0n) is 14.1. The maximum atomic E-state index is 13.3.